The summed E-state index contributed by atoms with van der Waals surface area (Å²) in [6.45, 7) is 2.83. The molecule has 130 valence electrons. The summed E-state index contributed by atoms with van der Waals surface area (Å²) < 4.78 is 1.99. The molecule has 1 aromatic heterocycles. The lowest BCUT2D eigenvalue weighted by Crippen LogP contribution is -2.36. The van der Waals surface area contributed by atoms with Gasteiger partial charge in [-0.3, -0.25) is 9.48 Å². The van der Waals surface area contributed by atoms with Crippen molar-refractivity contribution >= 4 is 46.3 Å². The van der Waals surface area contributed by atoms with E-state index in [9.17, 15) is 4.79 Å². The van der Waals surface area contributed by atoms with E-state index < -0.39 is 0 Å². The van der Waals surface area contributed by atoms with Gasteiger partial charge in [0, 0.05) is 37.2 Å². The zero-order valence-corrected chi connectivity index (χ0v) is 15.7. The zero-order chi connectivity index (χ0) is 17.6. The average molecular weight is 395 g/mol. The van der Waals surface area contributed by atoms with Crippen LogP contribution in [-0.2, 0) is 19.5 Å². The maximum absolute atomic E-state index is 12.9. The van der Waals surface area contributed by atoms with Crippen LogP contribution in [0.4, 0.5) is 0 Å². The third-order valence-electron chi connectivity index (χ3n) is 4.60. The van der Waals surface area contributed by atoms with E-state index in [-0.39, 0.29) is 5.91 Å². The fourth-order valence-corrected chi connectivity index (χ4v) is 3.97. The maximum atomic E-state index is 12.9. The van der Waals surface area contributed by atoms with Gasteiger partial charge in [-0.05, 0) is 24.6 Å². The van der Waals surface area contributed by atoms with Gasteiger partial charge in [0.15, 0.2) is 0 Å². The zero-order valence-electron chi connectivity index (χ0n) is 13.4. The molecule has 4 rings (SSSR count). The van der Waals surface area contributed by atoms with Crippen LogP contribution >= 0.6 is 35.4 Å². The van der Waals surface area contributed by atoms with E-state index in [4.69, 9.17) is 40.5 Å². The topological polar surface area (TPSA) is 50.2 Å². The van der Waals surface area contributed by atoms with Crippen LogP contribution in [0, 0.1) is 0 Å². The summed E-state index contributed by atoms with van der Waals surface area (Å²) >= 11 is 17.5. The lowest BCUT2D eigenvalue weighted by atomic mass is 10.0. The van der Waals surface area contributed by atoms with Crippen LogP contribution < -0.4 is 5.32 Å². The SMILES string of the molecule is O=C(c1ccc(Cl)c(Cl)c1)N1CCc2nn3c(c2C1)C(=S)NCCC3. The number of thiocarbonyl (C=S) groups is 1. The average Bonchev–Trinajstić information content (AvgIpc) is 2.87. The molecule has 5 nitrogen and oxygen atoms in total. The van der Waals surface area contributed by atoms with Crippen molar-refractivity contribution in [3.05, 3.63) is 50.8 Å². The highest BCUT2D eigenvalue weighted by molar-refractivity contribution is 7.80. The maximum Gasteiger partial charge on any atom is 0.254 e. The summed E-state index contributed by atoms with van der Waals surface area (Å²) in [5.41, 5.74) is 3.59. The van der Waals surface area contributed by atoms with Gasteiger partial charge in [-0.25, -0.2) is 0 Å². The minimum atomic E-state index is -0.0586. The quantitative estimate of drug-likeness (QED) is 0.755. The summed E-state index contributed by atoms with van der Waals surface area (Å²) in [5, 5.41) is 8.79. The lowest BCUT2D eigenvalue weighted by molar-refractivity contribution is 0.0734. The first-order valence-corrected chi connectivity index (χ1v) is 9.32. The van der Waals surface area contributed by atoms with E-state index in [1.807, 2.05) is 9.58 Å². The Morgan fingerprint density at radius 2 is 2.08 bits per heavy atom. The lowest BCUT2D eigenvalue weighted by Gasteiger charge is -2.27. The molecule has 0 saturated carbocycles. The molecule has 3 heterocycles. The molecular weight excluding hydrogens is 379 g/mol. The van der Waals surface area contributed by atoms with Crippen molar-refractivity contribution in [2.24, 2.45) is 0 Å². The van der Waals surface area contributed by atoms with E-state index in [0.717, 1.165) is 47.9 Å². The number of hydrogen-bond acceptors (Lipinski definition) is 3. The van der Waals surface area contributed by atoms with Crippen LogP contribution in [0.5, 0.6) is 0 Å². The van der Waals surface area contributed by atoms with Crippen LogP contribution in [-0.4, -0.2) is 38.7 Å². The Morgan fingerprint density at radius 3 is 2.88 bits per heavy atom. The smallest absolute Gasteiger partial charge is 0.254 e. The Balaban J connectivity index is 1.64. The monoisotopic (exact) mass is 394 g/mol. The molecule has 0 radical (unpaired) electrons. The Labute approximate surface area is 160 Å². The molecule has 0 fully saturated rings. The number of halogens is 2. The Kier molecular flexibility index (Phi) is 4.43. The molecule has 8 heteroatoms. The number of aromatic nitrogens is 2. The number of carbonyl (C=O) groups is 1. The van der Waals surface area contributed by atoms with Crippen molar-refractivity contribution in [3.8, 4) is 0 Å². The van der Waals surface area contributed by atoms with Gasteiger partial charge in [-0.15, -0.1) is 0 Å². The third-order valence-corrected chi connectivity index (χ3v) is 5.68. The van der Waals surface area contributed by atoms with Gasteiger partial charge in [0.05, 0.1) is 22.3 Å². The summed E-state index contributed by atoms with van der Waals surface area (Å²) in [7, 11) is 0. The number of nitrogens with one attached hydrogen (secondary N) is 1. The highest BCUT2D eigenvalue weighted by atomic mass is 35.5. The minimum Gasteiger partial charge on any atom is -0.374 e. The standard InChI is InChI=1S/C17H16Cl2N4OS/c18-12-3-2-10(8-13(12)19)17(24)22-7-4-14-11(9-22)15-16(25)20-5-1-6-23(15)21-14/h2-3,8H,1,4-7,9H2,(H,20,25). The summed E-state index contributed by atoms with van der Waals surface area (Å²) in [5.74, 6) is -0.0586. The van der Waals surface area contributed by atoms with Crippen LogP contribution in [0.3, 0.4) is 0 Å². The minimum absolute atomic E-state index is 0.0586. The highest BCUT2D eigenvalue weighted by Gasteiger charge is 2.30. The Bertz CT molecular complexity index is 880. The van der Waals surface area contributed by atoms with Crippen molar-refractivity contribution in [2.45, 2.75) is 25.9 Å². The van der Waals surface area contributed by atoms with Crippen LogP contribution in [0.15, 0.2) is 18.2 Å². The molecule has 1 amide bonds. The molecule has 0 unspecified atom stereocenters. The second kappa shape index (κ2) is 6.59. The largest absolute Gasteiger partial charge is 0.374 e. The molecule has 2 aromatic rings. The molecule has 1 N–H and O–H groups in total. The molecule has 2 aliphatic rings. The second-order valence-corrected chi connectivity index (χ2v) is 7.43. The van der Waals surface area contributed by atoms with Gasteiger partial charge in [0.2, 0.25) is 0 Å². The summed E-state index contributed by atoms with van der Waals surface area (Å²) in [6, 6.07) is 4.97. The predicted octanol–water partition coefficient (Wildman–Crippen LogP) is 3.06. The number of nitrogens with zero attached hydrogens (tertiary/aromatic N) is 3. The number of fused-ring (bicyclic) bond motifs is 3. The van der Waals surface area contributed by atoms with E-state index in [1.54, 1.807) is 18.2 Å². The van der Waals surface area contributed by atoms with Gasteiger partial charge < -0.3 is 10.2 Å². The number of benzene rings is 1. The number of rotatable bonds is 1. The Hall–Kier alpha value is -1.63. The van der Waals surface area contributed by atoms with E-state index >= 15 is 0 Å². The molecule has 25 heavy (non-hydrogen) atoms. The van der Waals surface area contributed by atoms with Gasteiger partial charge in [-0.2, -0.15) is 5.10 Å². The molecule has 2 aliphatic heterocycles. The van der Waals surface area contributed by atoms with Gasteiger partial charge in [0.25, 0.3) is 5.91 Å². The first-order valence-electron chi connectivity index (χ1n) is 8.15. The van der Waals surface area contributed by atoms with Crippen molar-refractivity contribution in [3.63, 3.8) is 0 Å². The van der Waals surface area contributed by atoms with E-state index in [2.05, 4.69) is 5.32 Å². The van der Waals surface area contributed by atoms with Gasteiger partial charge in [-0.1, -0.05) is 35.4 Å². The van der Waals surface area contributed by atoms with Gasteiger partial charge >= 0.3 is 0 Å². The normalized spacial score (nSPS) is 16.7. The Morgan fingerprint density at radius 1 is 1.24 bits per heavy atom. The fourth-order valence-electron chi connectivity index (χ4n) is 3.34. The van der Waals surface area contributed by atoms with Crippen molar-refractivity contribution in [2.75, 3.05) is 13.1 Å². The van der Waals surface area contributed by atoms with E-state index in [0.29, 0.717) is 28.7 Å². The summed E-state index contributed by atoms with van der Waals surface area (Å²) in [4.78, 5) is 15.4. The third kappa shape index (κ3) is 3.03. The number of hydrogen-bond donors (Lipinski definition) is 1. The molecule has 0 bridgehead atoms. The number of aryl methyl sites for hydroxylation is 1. The molecule has 0 spiro atoms. The predicted molar refractivity (Wildman–Crippen MR) is 101 cm³/mol. The number of carbonyl (C=O) groups excluding carboxylic acids is 1. The fraction of sp³-hybridized carbons (Fsp3) is 0.353. The van der Waals surface area contributed by atoms with Crippen LogP contribution in [0.25, 0.3) is 0 Å². The highest BCUT2D eigenvalue weighted by Crippen LogP contribution is 2.27. The molecular formula is C17H16Cl2N4OS. The van der Waals surface area contributed by atoms with Crippen molar-refractivity contribution in [1.82, 2.24) is 20.0 Å². The molecule has 0 aliphatic carbocycles. The van der Waals surface area contributed by atoms with Crippen molar-refractivity contribution in [1.29, 1.82) is 0 Å². The molecule has 0 saturated heterocycles. The summed E-state index contributed by atoms with van der Waals surface area (Å²) in [6.07, 6.45) is 1.71. The second-order valence-electron chi connectivity index (χ2n) is 6.21. The van der Waals surface area contributed by atoms with Crippen molar-refractivity contribution < 1.29 is 4.79 Å². The van der Waals surface area contributed by atoms with Crippen LogP contribution in [0.2, 0.25) is 10.0 Å². The number of amides is 1. The van der Waals surface area contributed by atoms with Gasteiger partial charge in [0.1, 0.15) is 10.7 Å². The van der Waals surface area contributed by atoms with Crippen LogP contribution in [0.1, 0.15) is 33.7 Å². The first kappa shape index (κ1) is 16.8. The van der Waals surface area contributed by atoms with E-state index in [1.165, 1.54) is 0 Å². The molecule has 0 atom stereocenters. The first-order chi connectivity index (χ1) is 12.0. The molecule has 1 aromatic carbocycles.